The fourth-order valence-electron chi connectivity index (χ4n) is 2.84. The average molecular weight is 296 g/mol. The van der Waals surface area contributed by atoms with Crippen LogP contribution in [0.4, 0.5) is 5.69 Å². The number of methoxy groups -OCH3 is 1. The summed E-state index contributed by atoms with van der Waals surface area (Å²) in [6.45, 7) is 1.60. The lowest BCUT2D eigenvalue weighted by atomic mass is 9.98. The lowest BCUT2D eigenvalue weighted by molar-refractivity contribution is 0.0952. The minimum Gasteiger partial charge on any atom is -0.497 e. The highest BCUT2D eigenvalue weighted by atomic mass is 16.5. The number of hydrogen-bond donors (Lipinski definition) is 2. The number of fused-ring (bicyclic) bond motifs is 1. The smallest absolute Gasteiger partial charge is 0.251 e. The van der Waals surface area contributed by atoms with E-state index < -0.39 is 0 Å². The summed E-state index contributed by atoms with van der Waals surface area (Å²) in [7, 11) is 1.60. The van der Waals surface area contributed by atoms with Crippen LogP contribution in [-0.2, 0) is 0 Å². The molecule has 3 rings (SSSR count). The Kier molecular flexibility index (Phi) is 4.28. The average Bonchev–Trinajstić information content (AvgIpc) is 2.98. The van der Waals surface area contributed by atoms with Gasteiger partial charge in [-0.2, -0.15) is 0 Å². The second kappa shape index (κ2) is 6.52. The lowest BCUT2D eigenvalue weighted by Gasteiger charge is -2.11. The van der Waals surface area contributed by atoms with E-state index >= 15 is 0 Å². The number of ether oxygens (including phenoxy) is 1. The molecule has 0 fully saturated rings. The molecule has 0 aromatic heterocycles. The van der Waals surface area contributed by atoms with Crippen LogP contribution in [0.1, 0.15) is 28.3 Å². The predicted molar refractivity (Wildman–Crippen MR) is 87.6 cm³/mol. The van der Waals surface area contributed by atoms with Crippen molar-refractivity contribution in [2.75, 3.05) is 25.5 Å². The van der Waals surface area contributed by atoms with E-state index in [2.05, 4.69) is 28.8 Å². The number of nitrogens with one attached hydrogen (secondary N) is 2. The van der Waals surface area contributed by atoms with E-state index in [4.69, 9.17) is 4.74 Å². The van der Waals surface area contributed by atoms with Gasteiger partial charge < -0.3 is 15.4 Å². The first-order chi connectivity index (χ1) is 10.8. The topological polar surface area (TPSA) is 50.4 Å². The molecule has 4 heteroatoms. The van der Waals surface area contributed by atoms with Crippen molar-refractivity contribution in [3.63, 3.8) is 0 Å². The number of para-hydroxylation sites is 1. The number of amides is 1. The van der Waals surface area contributed by atoms with Crippen LogP contribution < -0.4 is 15.4 Å². The minimum atomic E-state index is -0.0573. The first-order valence-electron chi connectivity index (χ1n) is 7.53. The van der Waals surface area contributed by atoms with Crippen molar-refractivity contribution in [2.24, 2.45) is 0 Å². The Hall–Kier alpha value is -2.49. The normalized spacial score (nSPS) is 15.8. The molecular formula is C18H20N2O2. The van der Waals surface area contributed by atoms with Gasteiger partial charge in [-0.3, -0.25) is 4.79 Å². The summed E-state index contributed by atoms with van der Waals surface area (Å²) >= 11 is 0. The maximum Gasteiger partial charge on any atom is 0.251 e. The number of hydrogen-bond acceptors (Lipinski definition) is 3. The van der Waals surface area contributed by atoms with Crippen molar-refractivity contribution < 1.29 is 9.53 Å². The predicted octanol–water partition coefficient (Wildman–Crippen LogP) is 3.02. The molecule has 0 bridgehead atoms. The molecule has 1 unspecified atom stereocenters. The zero-order valence-corrected chi connectivity index (χ0v) is 12.6. The highest BCUT2D eigenvalue weighted by Gasteiger charge is 2.21. The van der Waals surface area contributed by atoms with Crippen LogP contribution in [0, 0.1) is 0 Å². The van der Waals surface area contributed by atoms with Crippen molar-refractivity contribution >= 4 is 11.6 Å². The van der Waals surface area contributed by atoms with E-state index in [9.17, 15) is 4.79 Å². The first-order valence-corrected chi connectivity index (χ1v) is 7.53. The lowest BCUT2D eigenvalue weighted by Crippen LogP contribution is -2.25. The van der Waals surface area contributed by atoms with Crippen LogP contribution in [0.2, 0.25) is 0 Å². The van der Waals surface area contributed by atoms with Crippen molar-refractivity contribution in [1.82, 2.24) is 5.32 Å². The molecule has 2 N–H and O–H groups in total. The molecule has 1 amide bonds. The molecule has 0 aliphatic carbocycles. The molecule has 2 aromatic rings. The molecule has 0 saturated heterocycles. The molecular weight excluding hydrogens is 276 g/mol. The van der Waals surface area contributed by atoms with Gasteiger partial charge in [0.1, 0.15) is 5.75 Å². The van der Waals surface area contributed by atoms with Gasteiger partial charge in [0.15, 0.2) is 0 Å². The van der Waals surface area contributed by atoms with E-state index in [1.807, 2.05) is 18.2 Å². The fraction of sp³-hybridized carbons (Fsp3) is 0.278. The van der Waals surface area contributed by atoms with Gasteiger partial charge in [-0.15, -0.1) is 0 Å². The van der Waals surface area contributed by atoms with Crippen molar-refractivity contribution in [3.8, 4) is 5.75 Å². The highest BCUT2D eigenvalue weighted by Crippen LogP contribution is 2.32. The van der Waals surface area contributed by atoms with Gasteiger partial charge in [0.25, 0.3) is 5.91 Å². The summed E-state index contributed by atoms with van der Waals surface area (Å²) in [5.74, 6) is 1.10. The van der Waals surface area contributed by atoms with Crippen LogP contribution in [0.3, 0.4) is 0 Å². The van der Waals surface area contributed by atoms with E-state index in [0.717, 1.165) is 13.0 Å². The molecule has 1 atom stereocenters. The molecule has 4 nitrogen and oxygen atoms in total. The molecule has 0 saturated carbocycles. The largest absolute Gasteiger partial charge is 0.497 e. The Morgan fingerprint density at radius 2 is 2.14 bits per heavy atom. The molecule has 1 aliphatic heterocycles. The summed E-state index contributed by atoms with van der Waals surface area (Å²) < 4.78 is 5.14. The third-order valence-electron chi connectivity index (χ3n) is 4.05. The third-order valence-corrected chi connectivity index (χ3v) is 4.05. The molecule has 0 spiro atoms. The van der Waals surface area contributed by atoms with Crippen LogP contribution >= 0.6 is 0 Å². The van der Waals surface area contributed by atoms with Crippen LogP contribution in [-0.4, -0.2) is 26.1 Å². The van der Waals surface area contributed by atoms with Gasteiger partial charge in [0, 0.05) is 30.3 Å². The SMILES string of the molecule is COc1cccc(C(=O)NCCC2CNc3ccccc32)c1. The standard InChI is InChI=1S/C18H20N2O2/c1-22-15-6-4-5-13(11-15)18(21)19-10-9-14-12-20-17-8-3-2-7-16(14)17/h2-8,11,14,20H,9-10,12H2,1H3,(H,19,21). The van der Waals surface area contributed by atoms with Gasteiger partial charge in [0.2, 0.25) is 0 Å². The number of carbonyl (C=O) groups excluding carboxylic acids is 1. The zero-order chi connectivity index (χ0) is 15.4. The van der Waals surface area contributed by atoms with Gasteiger partial charge in [0.05, 0.1) is 7.11 Å². The summed E-state index contributed by atoms with van der Waals surface area (Å²) in [6.07, 6.45) is 0.930. The monoisotopic (exact) mass is 296 g/mol. The first kappa shape index (κ1) is 14.4. The van der Waals surface area contributed by atoms with E-state index in [1.165, 1.54) is 11.3 Å². The van der Waals surface area contributed by atoms with Crippen molar-refractivity contribution in [1.29, 1.82) is 0 Å². The molecule has 0 radical (unpaired) electrons. The molecule has 1 heterocycles. The highest BCUT2D eigenvalue weighted by molar-refractivity contribution is 5.94. The summed E-state index contributed by atoms with van der Waals surface area (Å²) in [6, 6.07) is 15.6. The second-order valence-corrected chi connectivity index (χ2v) is 5.44. The molecule has 114 valence electrons. The third kappa shape index (κ3) is 3.06. The van der Waals surface area contributed by atoms with Gasteiger partial charge >= 0.3 is 0 Å². The number of anilines is 1. The zero-order valence-electron chi connectivity index (χ0n) is 12.6. The van der Waals surface area contributed by atoms with E-state index in [1.54, 1.807) is 19.2 Å². The number of rotatable bonds is 5. The minimum absolute atomic E-state index is 0.0573. The maximum atomic E-state index is 12.1. The number of benzene rings is 2. The Balaban J connectivity index is 1.54. The quantitative estimate of drug-likeness (QED) is 0.891. The Labute approximate surface area is 130 Å². The second-order valence-electron chi connectivity index (χ2n) is 5.44. The fourth-order valence-corrected chi connectivity index (χ4v) is 2.84. The summed E-state index contributed by atoms with van der Waals surface area (Å²) in [5, 5.41) is 6.39. The Morgan fingerprint density at radius 3 is 3.00 bits per heavy atom. The van der Waals surface area contributed by atoms with E-state index in [0.29, 0.717) is 23.8 Å². The van der Waals surface area contributed by atoms with Crippen molar-refractivity contribution in [3.05, 3.63) is 59.7 Å². The Bertz CT molecular complexity index is 670. The van der Waals surface area contributed by atoms with Crippen LogP contribution in [0.25, 0.3) is 0 Å². The molecule has 22 heavy (non-hydrogen) atoms. The molecule has 2 aromatic carbocycles. The van der Waals surface area contributed by atoms with Gasteiger partial charge in [-0.05, 0) is 36.2 Å². The summed E-state index contributed by atoms with van der Waals surface area (Å²) in [4.78, 5) is 12.1. The van der Waals surface area contributed by atoms with Gasteiger partial charge in [-0.25, -0.2) is 0 Å². The Morgan fingerprint density at radius 1 is 1.27 bits per heavy atom. The van der Waals surface area contributed by atoms with Crippen LogP contribution in [0.15, 0.2) is 48.5 Å². The molecule has 1 aliphatic rings. The van der Waals surface area contributed by atoms with Crippen molar-refractivity contribution in [2.45, 2.75) is 12.3 Å². The van der Waals surface area contributed by atoms with Gasteiger partial charge in [-0.1, -0.05) is 24.3 Å². The van der Waals surface area contributed by atoms with Crippen LogP contribution in [0.5, 0.6) is 5.75 Å². The maximum absolute atomic E-state index is 12.1. The van der Waals surface area contributed by atoms with E-state index in [-0.39, 0.29) is 5.91 Å². The number of carbonyl (C=O) groups is 1. The summed E-state index contributed by atoms with van der Waals surface area (Å²) in [5.41, 5.74) is 3.19.